The Kier molecular flexibility index (Phi) is 6.42. The third kappa shape index (κ3) is 4.86. The first-order chi connectivity index (χ1) is 16.9. The van der Waals surface area contributed by atoms with Crippen LogP contribution in [-0.4, -0.2) is 20.7 Å². The number of thioether (sulfide) groups is 1. The zero-order chi connectivity index (χ0) is 24.5. The number of fused-ring (bicyclic) bond motifs is 1. The minimum Gasteiger partial charge on any atom is -0.337 e. The molecule has 0 spiro atoms. The Bertz CT molecular complexity index is 1500. The number of carbonyl (C=O) groups is 2. The summed E-state index contributed by atoms with van der Waals surface area (Å²) in [5.74, 6) is -0.836. The van der Waals surface area contributed by atoms with Gasteiger partial charge in [0.25, 0.3) is 5.91 Å². The molecule has 174 valence electrons. The largest absolute Gasteiger partial charge is 0.337 e. The molecule has 0 radical (unpaired) electrons. The minimum atomic E-state index is -0.370. The van der Waals surface area contributed by atoms with Crippen molar-refractivity contribution in [2.24, 2.45) is 0 Å². The van der Waals surface area contributed by atoms with Crippen LogP contribution in [0, 0.1) is 5.82 Å². The van der Waals surface area contributed by atoms with E-state index in [2.05, 4.69) is 5.32 Å². The summed E-state index contributed by atoms with van der Waals surface area (Å²) in [6.45, 7) is 0.0530. The van der Waals surface area contributed by atoms with E-state index in [-0.39, 0.29) is 24.2 Å². The number of thiocarbonyl (C=S) groups is 1. The van der Waals surface area contributed by atoms with Gasteiger partial charge < -0.3 is 9.88 Å². The highest BCUT2D eigenvalue weighted by molar-refractivity contribution is 8.27. The zero-order valence-corrected chi connectivity index (χ0v) is 20.5. The van der Waals surface area contributed by atoms with Crippen LogP contribution in [0.25, 0.3) is 17.0 Å². The Morgan fingerprint density at radius 1 is 1.06 bits per heavy atom. The second-order valence-corrected chi connectivity index (χ2v) is 9.89. The maximum absolute atomic E-state index is 13.2. The lowest BCUT2D eigenvalue weighted by Crippen LogP contribution is -2.27. The molecule has 35 heavy (non-hydrogen) atoms. The van der Waals surface area contributed by atoms with Gasteiger partial charge in [0.05, 0.1) is 10.6 Å². The average Bonchev–Trinajstić information content (AvgIpc) is 3.32. The first kappa shape index (κ1) is 23.3. The number of benzene rings is 3. The van der Waals surface area contributed by atoms with Crippen LogP contribution in [-0.2, 0) is 16.1 Å². The van der Waals surface area contributed by atoms with Crippen LogP contribution in [0.1, 0.15) is 5.56 Å². The molecular weight excluding hydrogens is 505 g/mol. The number of halogens is 2. The second kappa shape index (κ2) is 9.65. The zero-order valence-electron chi connectivity index (χ0n) is 18.1. The van der Waals surface area contributed by atoms with Gasteiger partial charge in [0.15, 0.2) is 4.32 Å². The first-order valence-electron chi connectivity index (χ1n) is 10.6. The number of nitrogens with one attached hydrogen (secondary N) is 1. The normalized spacial score (nSPS) is 14.8. The van der Waals surface area contributed by atoms with Crippen molar-refractivity contribution in [1.29, 1.82) is 0 Å². The fourth-order valence-electron chi connectivity index (χ4n) is 3.83. The third-order valence-electron chi connectivity index (χ3n) is 5.43. The fourth-order valence-corrected chi connectivity index (χ4v) is 5.25. The van der Waals surface area contributed by atoms with Gasteiger partial charge in [0.1, 0.15) is 12.4 Å². The van der Waals surface area contributed by atoms with E-state index in [0.717, 1.165) is 16.5 Å². The minimum absolute atomic E-state index is 0.0530. The summed E-state index contributed by atoms with van der Waals surface area (Å²) in [4.78, 5) is 27.8. The van der Waals surface area contributed by atoms with Crippen molar-refractivity contribution < 1.29 is 14.0 Å². The molecule has 2 heterocycles. The highest BCUT2D eigenvalue weighted by Crippen LogP contribution is 2.37. The van der Waals surface area contributed by atoms with Crippen molar-refractivity contribution in [2.45, 2.75) is 6.54 Å². The van der Waals surface area contributed by atoms with E-state index in [4.69, 9.17) is 23.8 Å². The fraction of sp³-hybridized carbons (Fsp3) is 0.0385. The standard InChI is InChI=1S/C26H17ClFN3O2S2/c27-17-5-11-20(12-6-17)31-25(33)23(35-26(31)34)13-16-14-30(22-4-2-1-3-21(16)22)15-24(32)29-19-9-7-18(28)8-10-19/h1-14H,15H2,(H,29,32)/b23-13+. The summed E-state index contributed by atoms with van der Waals surface area (Å²) >= 11 is 12.7. The maximum atomic E-state index is 13.2. The van der Waals surface area contributed by atoms with Crippen molar-refractivity contribution >= 4 is 80.1 Å². The number of hydrogen-bond donors (Lipinski definition) is 1. The van der Waals surface area contributed by atoms with E-state index < -0.39 is 0 Å². The molecule has 5 rings (SSSR count). The molecule has 1 fully saturated rings. The number of rotatable bonds is 5. The molecule has 2 amide bonds. The SMILES string of the molecule is O=C(Cn1cc(/C=C2/SC(=S)N(c3ccc(Cl)cc3)C2=O)c2ccccc21)Nc1ccc(F)cc1. The third-order valence-corrected chi connectivity index (χ3v) is 6.98. The summed E-state index contributed by atoms with van der Waals surface area (Å²) in [7, 11) is 0. The van der Waals surface area contributed by atoms with Gasteiger partial charge in [-0.15, -0.1) is 0 Å². The summed E-state index contributed by atoms with van der Waals surface area (Å²) in [6.07, 6.45) is 3.63. The number of aromatic nitrogens is 1. The van der Waals surface area contributed by atoms with Gasteiger partial charge in [-0.1, -0.05) is 53.8 Å². The summed E-state index contributed by atoms with van der Waals surface area (Å²) in [6, 6.07) is 20.2. The molecule has 5 nitrogen and oxygen atoms in total. The van der Waals surface area contributed by atoms with Gasteiger partial charge in [-0.3, -0.25) is 14.5 Å². The topological polar surface area (TPSA) is 54.3 Å². The van der Waals surface area contributed by atoms with Crippen molar-refractivity contribution in [3.05, 3.63) is 100 Å². The Morgan fingerprint density at radius 2 is 1.77 bits per heavy atom. The van der Waals surface area contributed by atoms with E-state index in [1.165, 1.54) is 40.9 Å². The van der Waals surface area contributed by atoms with Gasteiger partial charge >= 0.3 is 0 Å². The number of anilines is 2. The van der Waals surface area contributed by atoms with Crippen LogP contribution in [0.4, 0.5) is 15.8 Å². The molecule has 0 aliphatic carbocycles. The van der Waals surface area contributed by atoms with Gasteiger partial charge in [0, 0.05) is 33.4 Å². The lowest BCUT2D eigenvalue weighted by Gasteiger charge is -2.14. The molecule has 1 aliphatic rings. The molecule has 0 saturated carbocycles. The lowest BCUT2D eigenvalue weighted by atomic mass is 10.1. The predicted octanol–water partition coefficient (Wildman–Crippen LogP) is 6.48. The number of para-hydroxylation sites is 1. The first-order valence-corrected chi connectivity index (χ1v) is 12.2. The molecule has 0 atom stereocenters. The predicted molar refractivity (Wildman–Crippen MR) is 144 cm³/mol. The lowest BCUT2D eigenvalue weighted by molar-refractivity contribution is -0.116. The Labute approximate surface area is 215 Å². The molecule has 1 aromatic heterocycles. The molecule has 1 N–H and O–H groups in total. The Balaban J connectivity index is 1.42. The summed E-state index contributed by atoms with van der Waals surface area (Å²) in [5, 5.41) is 4.25. The van der Waals surface area contributed by atoms with Gasteiger partial charge in [0.2, 0.25) is 5.91 Å². The quantitative estimate of drug-likeness (QED) is 0.241. The van der Waals surface area contributed by atoms with Crippen molar-refractivity contribution in [2.75, 3.05) is 10.2 Å². The number of hydrogen-bond acceptors (Lipinski definition) is 4. The molecule has 0 bridgehead atoms. The molecule has 4 aromatic rings. The number of carbonyl (C=O) groups excluding carboxylic acids is 2. The van der Waals surface area contributed by atoms with Crippen LogP contribution in [0.3, 0.4) is 0 Å². The smallest absolute Gasteiger partial charge is 0.270 e. The van der Waals surface area contributed by atoms with Crippen LogP contribution in [0.5, 0.6) is 0 Å². The van der Waals surface area contributed by atoms with Crippen LogP contribution in [0.2, 0.25) is 5.02 Å². The van der Waals surface area contributed by atoms with Crippen molar-refractivity contribution in [1.82, 2.24) is 4.57 Å². The van der Waals surface area contributed by atoms with Crippen molar-refractivity contribution in [3.8, 4) is 0 Å². The van der Waals surface area contributed by atoms with Gasteiger partial charge in [-0.25, -0.2) is 4.39 Å². The Morgan fingerprint density at radius 3 is 2.51 bits per heavy atom. The molecule has 9 heteroatoms. The number of amides is 2. The molecule has 1 aliphatic heterocycles. The van der Waals surface area contributed by atoms with E-state index >= 15 is 0 Å². The van der Waals surface area contributed by atoms with Gasteiger partial charge in [-0.05, 0) is 60.7 Å². The number of nitrogens with zero attached hydrogens (tertiary/aromatic N) is 2. The highest BCUT2D eigenvalue weighted by atomic mass is 35.5. The van der Waals surface area contributed by atoms with E-state index in [9.17, 15) is 14.0 Å². The highest BCUT2D eigenvalue weighted by Gasteiger charge is 2.33. The van der Waals surface area contributed by atoms with E-state index in [1.807, 2.05) is 35.0 Å². The molecule has 0 unspecified atom stereocenters. The second-order valence-electron chi connectivity index (χ2n) is 7.78. The summed E-state index contributed by atoms with van der Waals surface area (Å²) < 4.78 is 15.4. The van der Waals surface area contributed by atoms with Crippen LogP contribution < -0.4 is 10.2 Å². The van der Waals surface area contributed by atoms with E-state index in [0.29, 0.717) is 25.6 Å². The molecule has 3 aromatic carbocycles. The average molecular weight is 522 g/mol. The monoisotopic (exact) mass is 521 g/mol. The summed E-state index contributed by atoms with van der Waals surface area (Å²) in [5.41, 5.74) is 2.81. The molecular formula is C26H17ClFN3O2S2. The van der Waals surface area contributed by atoms with E-state index in [1.54, 1.807) is 30.3 Å². The van der Waals surface area contributed by atoms with Crippen molar-refractivity contribution in [3.63, 3.8) is 0 Å². The molecule has 1 saturated heterocycles. The van der Waals surface area contributed by atoms with Crippen LogP contribution in [0.15, 0.2) is 83.9 Å². The Hall–Kier alpha value is -3.46. The van der Waals surface area contributed by atoms with Crippen LogP contribution >= 0.6 is 35.6 Å². The van der Waals surface area contributed by atoms with Gasteiger partial charge in [-0.2, -0.15) is 0 Å². The maximum Gasteiger partial charge on any atom is 0.270 e.